The largest absolute Gasteiger partial charge is 0.394 e. The van der Waals surface area contributed by atoms with E-state index >= 15 is 0 Å². The van der Waals surface area contributed by atoms with Gasteiger partial charge < -0.3 is 4.90 Å². The molecule has 1 aliphatic heterocycles. The van der Waals surface area contributed by atoms with Gasteiger partial charge >= 0.3 is 6.18 Å². The Bertz CT molecular complexity index is 818. The molecule has 6 nitrogen and oxygen atoms in total. The second-order valence-electron chi connectivity index (χ2n) is 6.06. The molecule has 1 fully saturated rings. The molecule has 1 saturated heterocycles. The van der Waals surface area contributed by atoms with Gasteiger partial charge in [-0.25, -0.2) is 5.10 Å². The number of anilines is 1. The Morgan fingerprint density at radius 1 is 1.23 bits per heavy atom. The van der Waals surface area contributed by atoms with Gasteiger partial charge in [0.1, 0.15) is 5.02 Å². The highest BCUT2D eigenvalue weighted by molar-refractivity contribution is 6.32. The molecular formula is C16H17ClF3N5O. The maximum Gasteiger partial charge on any atom is 0.394 e. The zero-order valence-corrected chi connectivity index (χ0v) is 14.5. The summed E-state index contributed by atoms with van der Waals surface area (Å²) in [6, 6.07) is 3.32. The quantitative estimate of drug-likeness (QED) is 0.871. The predicted octanol–water partition coefficient (Wildman–Crippen LogP) is 2.25. The standard InChI is InChI=1S/C16H17ClF3N5O/c17-14-13(9-22-23-15(14)26)25-6-4-24(5-7-25)10-11-2-1-3-21-12(11)8-16(18,19)20/h1-3,9H,4-8,10H2,(H,23,26). The van der Waals surface area contributed by atoms with E-state index in [1.807, 2.05) is 4.90 Å². The van der Waals surface area contributed by atoms with Gasteiger partial charge in [0.2, 0.25) is 0 Å². The summed E-state index contributed by atoms with van der Waals surface area (Å²) in [7, 11) is 0. The van der Waals surface area contributed by atoms with Crippen molar-refractivity contribution in [1.29, 1.82) is 0 Å². The molecule has 1 N–H and O–H groups in total. The molecule has 0 radical (unpaired) electrons. The molecule has 0 atom stereocenters. The lowest BCUT2D eigenvalue weighted by Crippen LogP contribution is -2.46. The van der Waals surface area contributed by atoms with E-state index in [1.54, 1.807) is 12.1 Å². The first-order valence-corrected chi connectivity index (χ1v) is 8.41. The van der Waals surface area contributed by atoms with Crippen LogP contribution in [0.3, 0.4) is 0 Å². The van der Waals surface area contributed by atoms with Crippen LogP contribution >= 0.6 is 11.6 Å². The lowest BCUT2D eigenvalue weighted by Gasteiger charge is -2.36. The van der Waals surface area contributed by atoms with Crippen LogP contribution in [-0.4, -0.2) is 52.4 Å². The zero-order chi connectivity index (χ0) is 18.7. The van der Waals surface area contributed by atoms with Crippen molar-refractivity contribution in [2.45, 2.75) is 19.1 Å². The van der Waals surface area contributed by atoms with E-state index in [4.69, 9.17) is 11.6 Å². The Morgan fingerprint density at radius 3 is 2.65 bits per heavy atom. The number of pyridine rings is 1. The van der Waals surface area contributed by atoms with Crippen molar-refractivity contribution in [2.75, 3.05) is 31.1 Å². The highest BCUT2D eigenvalue weighted by atomic mass is 35.5. The van der Waals surface area contributed by atoms with E-state index in [1.165, 1.54) is 12.4 Å². The second-order valence-corrected chi connectivity index (χ2v) is 6.44. The Labute approximate surface area is 152 Å². The summed E-state index contributed by atoms with van der Waals surface area (Å²) in [6.07, 6.45) is -2.44. The molecule has 0 amide bonds. The molecule has 140 valence electrons. The molecule has 3 heterocycles. The predicted molar refractivity (Wildman–Crippen MR) is 91.4 cm³/mol. The van der Waals surface area contributed by atoms with E-state index < -0.39 is 18.2 Å². The van der Waals surface area contributed by atoms with E-state index in [2.05, 4.69) is 20.1 Å². The molecule has 26 heavy (non-hydrogen) atoms. The summed E-state index contributed by atoms with van der Waals surface area (Å²) in [6.45, 7) is 2.85. The zero-order valence-electron chi connectivity index (χ0n) is 13.8. The van der Waals surface area contributed by atoms with Crippen molar-refractivity contribution >= 4 is 17.3 Å². The molecule has 0 bridgehead atoms. The van der Waals surface area contributed by atoms with Crippen LogP contribution in [0.4, 0.5) is 18.9 Å². The summed E-state index contributed by atoms with van der Waals surface area (Å²) in [5, 5.41) is 6.12. The van der Waals surface area contributed by atoms with E-state index in [0.29, 0.717) is 44.0 Å². The van der Waals surface area contributed by atoms with Crippen LogP contribution in [0.2, 0.25) is 5.02 Å². The van der Waals surface area contributed by atoms with Crippen molar-refractivity contribution in [3.8, 4) is 0 Å². The number of H-pyrrole nitrogens is 1. The lowest BCUT2D eigenvalue weighted by atomic mass is 10.1. The van der Waals surface area contributed by atoms with E-state index in [0.717, 1.165) is 0 Å². The maximum absolute atomic E-state index is 12.7. The lowest BCUT2D eigenvalue weighted by molar-refractivity contribution is -0.128. The molecular weight excluding hydrogens is 371 g/mol. The Morgan fingerprint density at radius 2 is 1.96 bits per heavy atom. The molecule has 0 unspecified atom stereocenters. The molecule has 2 aromatic heterocycles. The third kappa shape index (κ3) is 4.53. The fraction of sp³-hybridized carbons (Fsp3) is 0.438. The number of nitrogens with one attached hydrogen (secondary N) is 1. The summed E-state index contributed by atoms with van der Waals surface area (Å²) in [5.74, 6) is 0. The third-order valence-corrected chi connectivity index (χ3v) is 4.60. The van der Waals surface area contributed by atoms with Crippen molar-refractivity contribution in [3.05, 3.63) is 51.2 Å². The van der Waals surface area contributed by atoms with Gasteiger partial charge in [-0.05, 0) is 11.6 Å². The first kappa shape index (κ1) is 18.7. The molecule has 0 aliphatic carbocycles. The third-order valence-electron chi connectivity index (χ3n) is 4.24. The number of rotatable bonds is 4. The minimum atomic E-state index is -4.29. The highest BCUT2D eigenvalue weighted by Gasteiger charge is 2.30. The summed E-state index contributed by atoms with van der Waals surface area (Å²) in [4.78, 5) is 19.4. The number of piperazine rings is 1. The molecule has 10 heteroatoms. The number of aromatic nitrogens is 3. The Kier molecular flexibility index (Phi) is 5.47. The Balaban J connectivity index is 1.65. The fourth-order valence-corrected chi connectivity index (χ4v) is 3.16. The number of halogens is 4. The number of hydrogen-bond donors (Lipinski definition) is 1. The molecule has 3 rings (SSSR count). The first-order valence-electron chi connectivity index (χ1n) is 8.03. The van der Waals surface area contributed by atoms with Gasteiger partial charge in [0, 0.05) is 38.9 Å². The molecule has 0 saturated carbocycles. The van der Waals surface area contributed by atoms with Gasteiger partial charge in [-0.15, -0.1) is 0 Å². The van der Waals surface area contributed by atoms with Crippen LogP contribution in [0, 0.1) is 0 Å². The van der Waals surface area contributed by atoms with Gasteiger partial charge in [-0.2, -0.15) is 18.3 Å². The summed E-state index contributed by atoms with van der Waals surface area (Å²) >= 11 is 6.02. The monoisotopic (exact) mass is 387 g/mol. The van der Waals surface area contributed by atoms with Crippen molar-refractivity contribution in [3.63, 3.8) is 0 Å². The summed E-state index contributed by atoms with van der Waals surface area (Å²) in [5.41, 5.74) is 0.756. The maximum atomic E-state index is 12.7. The average molecular weight is 388 g/mol. The van der Waals surface area contributed by atoms with Crippen LogP contribution in [-0.2, 0) is 13.0 Å². The topological polar surface area (TPSA) is 65.1 Å². The van der Waals surface area contributed by atoms with Gasteiger partial charge in [-0.1, -0.05) is 17.7 Å². The molecule has 2 aromatic rings. The van der Waals surface area contributed by atoms with Crippen LogP contribution in [0.1, 0.15) is 11.3 Å². The van der Waals surface area contributed by atoms with Crippen LogP contribution in [0.5, 0.6) is 0 Å². The van der Waals surface area contributed by atoms with Crippen molar-refractivity contribution in [1.82, 2.24) is 20.1 Å². The number of aromatic amines is 1. The normalized spacial score (nSPS) is 16.1. The van der Waals surface area contributed by atoms with Gasteiger partial charge in [-0.3, -0.25) is 14.7 Å². The van der Waals surface area contributed by atoms with E-state index in [9.17, 15) is 18.0 Å². The Hall–Kier alpha value is -2.13. The van der Waals surface area contributed by atoms with Crippen molar-refractivity contribution < 1.29 is 13.2 Å². The van der Waals surface area contributed by atoms with Gasteiger partial charge in [0.05, 0.1) is 24.0 Å². The van der Waals surface area contributed by atoms with Gasteiger partial charge in [0.15, 0.2) is 0 Å². The van der Waals surface area contributed by atoms with Crippen LogP contribution in [0.15, 0.2) is 29.3 Å². The molecule has 1 aliphatic rings. The summed E-state index contributed by atoms with van der Waals surface area (Å²) < 4.78 is 38.1. The number of hydrogen-bond acceptors (Lipinski definition) is 5. The number of alkyl halides is 3. The van der Waals surface area contributed by atoms with E-state index in [-0.39, 0.29) is 10.7 Å². The smallest absolute Gasteiger partial charge is 0.366 e. The first-order chi connectivity index (χ1) is 12.3. The van der Waals surface area contributed by atoms with Crippen molar-refractivity contribution in [2.24, 2.45) is 0 Å². The SMILES string of the molecule is O=c1[nH]ncc(N2CCN(Cc3cccnc3CC(F)(F)F)CC2)c1Cl. The second kappa shape index (κ2) is 7.63. The minimum absolute atomic E-state index is 0.0595. The molecule has 0 aromatic carbocycles. The van der Waals surface area contributed by atoms with Crippen LogP contribution < -0.4 is 10.5 Å². The molecule has 0 spiro atoms. The highest BCUT2D eigenvalue weighted by Crippen LogP contribution is 2.24. The minimum Gasteiger partial charge on any atom is -0.366 e. The van der Waals surface area contributed by atoms with Crippen LogP contribution in [0.25, 0.3) is 0 Å². The fourth-order valence-electron chi connectivity index (χ4n) is 2.95. The average Bonchev–Trinajstić information content (AvgIpc) is 2.59. The number of nitrogens with zero attached hydrogens (tertiary/aromatic N) is 4. The van der Waals surface area contributed by atoms with Gasteiger partial charge in [0.25, 0.3) is 5.56 Å².